The molecular weight excluding hydrogens is 206 g/mol. The van der Waals surface area contributed by atoms with E-state index in [1.807, 2.05) is 20.8 Å². The number of urea groups is 1. The summed E-state index contributed by atoms with van der Waals surface area (Å²) in [5.74, 6) is 0.303. The maximum absolute atomic E-state index is 11.6. The standard InChI is InChI=1S/C11H23N3O2/c1-6-13(4)11(16)14(5)8-10(15)12-7-9(2)3/h9H,6-8H2,1-5H3,(H,12,15). The fourth-order valence-corrected chi connectivity index (χ4v) is 1.08. The quantitative estimate of drug-likeness (QED) is 0.757. The molecule has 0 aromatic rings. The van der Waals surface area contributed by atoms with Crippen LogP contribution in [0.3, 0.4) is 0 Å². The number of hydrogen-bond acceptors (Lipinski definition) is 2. The third-order valence-corrected chi connectivity index (χ3v) is 2.22. The van der Waals surface area contributed by atoms with Gasteiger partial charge in [0.2, 0.25) is 5.91 Å². The van der Waals surface area contributed by atoms with E-state index in [1.165, 1.54) is 4.90 Å². The molecule has 0 radical (unpaired) electrons. The number of carbonyl (C=O) groups is 2. The third kappa shape index (κ3) is 5.58. The van der Waals surface area contributed by atoms with E-state index in [0.29, 0.717) is 19.0 Å². The van der Waals surface area contributed by atoms with Crippen molar-refractivity contribution in [3.63, 3.8) is 0 Å². The van der Waals surface area contributed by atoms with Crippen LogP contribution in [-0.4, -0.2) is 55.5 Å². The number of nitrogens with one attached hydrogen (secondary N) is 1. The van der Waals surface area contributed by atoms with Crippen molar-refractivity contribution in [1.29, 1.82) is 0 Å². The molecule has 3 amide bonds. The van der Waals surface area contributed by atoms with Crippen molar-refractivity contribution in [2.45, 2.75) is 20.8 Å². The Kier molecular flexibility index (Phi) is 6.53. The SMILES string of the molecule is CCN(C)C(=O)N(C)CC(=O)NCC(C)C. The average molecular weight is 229 g/mol. The van der Waals surface area contributed by atoms with E-state index in [4.69, 9.17) is 0 Å². The average Bonchev–Trinajstić information content (AvgIpc) is 2.24. The third-order valence-electron chi connectivity index (χ3n) is 2.22. The molecule has 0 heterocycles. The molecule has 0 bridgehead atoms. The highest BCUT2D eigenvalue weighted by Gasteiger charge is 2.15. The van der Waals surface area contributed by atoms with E-state index in [1.54, 1.807) is 19.0 Å². The van der Waals surface area contributed by atoms with E-state index < -0.39 is 0 Å². The number of hydrogen-bond donors (Lipinski definition) is 1. The van der Waals surface area contributed by atoms with Crippen molar-refractivity contribution in [2.75, 3.05) is 33.7 Å². The Labute approximate surface area is 97.8 Å². The molecule has 0 fully saturated rings. The van der Waals surface area contributed by atoms with Crippen molar-refractivity contribution >= 4 is 11.9 Å². The van der Waals surface area contributed by atoms with Crippen molar-refractivity contribution in [3.8, 4) is 0 Å². The summed E-state index contributed by atoms with van der Waals surface area (Å²) in [4.78, 5) is 26.1. The van der Waals surface area contributed by atoms with Crippen LogP contribution in [0.15, 0.2) is 0 Å². The molecule has 16 heavy (non-hydrogen) atoms. The van der Waals surface area contributed by atoms with Gasteiger partial charge in [-0.1, -0.05) is 13.8 Å². The topological polar surface area (TPSA) is 52.7 Å². The first-order chi connectivity index (χ1) is 7.38. The summed E-state index contributed by atoms with van der Waals surface area (Å²) in [7, 11) is 3.34. The lowest BCUT2D eigenvalue weighted by Crippen LogP contribution is -2.44. The van der Waals surface area contributed by atoms with Crippen LogP contribution in [0.2, 0.25) is 0 Å². The highest BCUT2D eigenvalue weighted by Crippen LogP contribution is 1.93. The number of nitrogens with zero attached hydrogens (tertiary/aromatic N) is 2. The van der Waals surface area contributed by atoms with Crippen molar-refractivity contribution in [1.82, 2.24) is 15.1 Å². The molecule has 5 nitrogen and oxygen atoms in total. The van der Waals surface area contributed by atoms with Gasteiger partial charge in [0.15, 0.2) is 0 Å². The van der Waals surface area contributed by atoms with Crippen LogP contribution >= 0.6 is 0 Å². The van der Waals surface area contributed by atoms with Gasteiger partial charge in [-0.05, 0) is 12.8 Å². The smallest absolute Gasteiger partial charge is 0.319 e. The molecule has 0 aliphatic heterocycles. The molecular formula is C11H23N3O2. The van der Waals surface area contributed by atoms with E-state index >= 15 is 0 Å². The lowest BCUT2D eigenvalue weighted by atomic mass is 10.2. The van der Waals surface area contributed by atoms with Gasteiger partial charge in [-0.25, -0.2) is 4.79 Å². The van der Waals surface area contributed by atoms with Gasteiger partial charge in [0.05, 0.1) is 0 Å². The Morgan fingerprint density at radius 2 is 1.75 bits per heavy atom. The Balaban J connectivity index is 3.99. The minimum Gasteiger partial charge on any atom is -0.354 e. The molecule has 0 saturated carbocycles. The fourth-order valence-electron chi connectivity index (χ4n) is 1.08. The van der Waals surface area contributed by atoms with Gasteiger partial charge in [-0.3, -0.25) is 4.79 Å². The molecule has 0 spiro atoms. The Morgan fingerprint density at radius 3 is 2.19 bits per heavy atom. The van der Waals surface area contributed by atoms with Crippen molar-refractivity contribution < 1.29 is 9.59 Å². The zero-order chi connectivity index (χ0) is 12.7. The molecule has 94 valence electrons. The van der Waals surface area contributed by atoms with Crippen LogP contribution in [0.1, 0.15) is 20.8 Å². The van der Waals surface area contributed by atoms with E-state index in [2.05, 4.69) is 5.32 Å². The van der Waals surface area contributed by atoms with Crippen molar-refractivity contribution in [3.05, 3.63) is 0 Å². The fraction of sp³-hybridized carbons (Fsp3) is 0.818. The van der Waals surface area contributed by atoms with Gasteiger partial charge in [0.25, 0.3) is 0 Å². The maximum Gasteiger partial charge on any atom is 0.319 e. The Bertz CT molecular complexity index is 241. The van der Waals surface area contributed by atoms with Crippen LogP contribution in [0.25, 0.3) is 0 Å². The Hall–Kier alpha value is -1.26. The van der Waals surface area contributed by atoms with Gasteiger partial charge < -0.3 is 15.1 Å². The molecule has 0 aromatic carbocycles. The Morgan fingerprint density at radius 1 is 1.19 bits per heavy atom. The second-order valence-corrected chi connectivity index (χ2v) is 4.35. The number of likely N-dealkylation sites (N-methyl/N-ethyl adjacent to an activating group) is 1. The van der Waals surface area contributed by atoms with Gasteiger partial charge in [-0.2, -0.15) is 0 Å². The summed E-state index contributed by atoms with van der Waals surface area (Å²) in [6.07, 6.45) is 0. The first kappa shape index (κ1) is 14.7. The monoisotopic (exact) mass is 229 g/mol. The predicted molar refractivity (Wildman–Crippen MR) is 64.2 cm³/mol. The molecule has 0 rings (SSSR count). The van der Waals surface area contributed by atoms with Crippen LogP contribution in [0.4, 0.5) is 4.79 Å². The van der Waals surface area contributed by atoms with Crippen LogP contribution in [-0.2, 0) is 4.79 Å². The molecule has 0 atom stereocenters. The molecule has 0 saturated heterocycles. The minimum atomic E-state index is -0.137. The van der Waals surface area contributed by atoms with Crippen LogP contribution in [0, 0.1) is 5.92 Å². The van der Waals surface area contributed by atoms with Gasteiger partial charge in [0.1, 0.15) is 6.54 Å². The van der Waals surface area contributed by atoms with Gasteiger partial charge >= 0.3 is 6.03 Å². The highest BCUT2D eigenvalue weighted by molar-refractivity contribution is 5.83. The van der Waals surface area contributed by atoms with Gasteiger partial charge in [0, 0.05) is 27.2 Å². The molecule has 0 unspecified atom stereocenters. The maximum atomic E-state index is 11.6. The largest absolute Gasteiger partial charge is 0.354 e. The first-order valence-corrected chi connectivity index (χ1v) is 5.61. The number of amides is 3. The highest BCUT2D eigenvalue weighted by atomic mass is 16.2. The summed E-state index contributed by atoms with van der Waals surface area (Å²) in [6, 6.07) is -0.137. The summed E-state index contributed by atoms with van der Waals surface area (Å²) >= 11 is 0. The van der Waals surface area contributed by atoms with Gasteiger partial charge in [-0.15, -0.1) is 0 Å². The van der Waals surface area contributed by atoms with Crippen LogP contribution in [0.5, 0.6) is 0 Å². The molecule has 0 aliphatic rings. The molecule has 1 N–H and O–H groups in total. The second kappa shape index (κ2) is 7.09. The van der Waals surface area contributed by atoms with E-state index in [9.17, 15) is 9.59 Å². The lowest BCUT2D eigenvalue weighted by Gasteiger charge is -2.23. The molecule has 5 heteroatoms. The van der Waals surface area contributed by atoms with E-state index in [0.717, 1.165) is 0 Å². The predicted octanol–water partition coefficient (Wildman–Crippen LogP) is 0.762. The summed E-state index contributed by atoms with van der Waals surface area (Å²) < 4.78 is 0. The molecule has 0 aromatic heterocycles. The summed E-state index contributed by atoms with van der Waals surface area (Å²) in [5.41, 5.74) is 0. The first-order valence-electron chi connectivity index (χ1n) is 5.61. The zero-order valence-electron chi connectivity index (χ0n) is 10.9. The number of carbonyl (C=O) groups excluding carboxylic acids is 2. The summed E-state index contributed by atoms with van der Waals surface area (Å²) in [5, 5.41) is 2.77. The second-order valence-electron chi connectivity index (χ2n) is 4.35. The lowest BCUT2D eigenvalue weighted by molar-refractivity contribution is -0.121. The summed E-state index contributed by atoms with van der Waals surface area (Å²) in [6.45, 7) is 7.34. The normalized spacial score (nSPS) is 10.1. The minimum absolute atomic E-state index is 0.107. The number of rotatable bonds is 5. The zero-order valence-corrected chi connectivity index (χ0v) is 10.9. The van der Waals surface area contributed by atoms with E-state index in [-0.39, 0.29) is 18.5 Å². The molecule has 0 aliphatic carbocycles. The van der Waals surface area contributed by atoms with Crippen molar-refractivity contribution in [2.24, 2.45) is 5.92 Å². The van der Waals surface area contributed by atoms with Crippen LogP contribution < -0.4 is 5.32 Å².